The van der Waals surface area contributed by atoms with Crippen LogP contribution in [0.1, 0.15) is 59.3 Å². The molecular formula is C30H41ClN6O2. The van der Waals surface area contributed by atoms with Crippen LogP contribution in [-0.4, -0.2) is 58.6 Å². The number of nitrogens with zero attached hydrogens (tertiary/aromatic N) is 3. The van der Waals surface area contributed by atoms with Gasteiger partial charge in [0.15, 0.2) is 5.82 Å². The Morgan fingerprint density at radius 3 is 2.56 bits per heavy atom. The van der Waals surface area contributed by atoms with Gasteiger partial charge in [-0.3, -0.25) is 9.69 Å². The zero-order valence-corrected chi connectivity index (χ0v) is 24.1. The Morgan fingerprint density at radius 1 is 1.13 bits per heavy atom. The van der Waals surface area contributed by atoms with Crippen LogP contribution in [0.15, 0.2) is 30.5 Å². The Balaban J connectivity index is 1.14. The maximum atomic E-state index is 13.3. The number of carbonyl (C=O) groups is 1. The van der Waals surface area contributed by atoms with E-state index >= 15 is 0 Å². The van der Waals surface area contributed by atoms with E-state index in [1.54, 1.807) is 6.20 Å². The lowest BCUT2D eigenvalue weighted by atomic mass is 9.40. The van der Waals surface area contributed by atoms with E-state index in [1.807, 2.05) is 24.3 Å². The number of benzene rings is 1. The topological polar surface area (TPSA) is 91.4 Å². The second-order valence-electron chi connectivity index (χ2n) is 12.7. The summed E-state index contributed by atoms with van der Waals surface area (Å²) in [5.74, 6) is 2.80. The quantitative estimate of drug-likeness (QED) is 0.359. The van der Waals surface area contributed by atoms with Gasteiger partial charge >= 0.3 is 0 Å². The molecule has 2 aromatic rings. The van der Waals surface area contributed by atoms with Crippen molar-refractivity contribution in [2.75, 3.05) is 36.9 Å². The molecule has 5 fully saturated rings. The molecule has 1 aliphatic heterocycles. The second-order valence-corrected chi connectivity index (χ2v) is 13.1. The fourth-order valence-electron chi connectivity index (χ4n) is 7.12. The van der Waals surface area contributed by atoms with Crippen LogP contribution in [0.25, 0.3) is 0 Å². The van der Waals surface area contributed by atoms with Crippen molar-refractivity contribution in [3.8, 4) is 5.75 Å². The Labute approximate surface area is 236 Å². The third-order valence-corrected chi connectivity index (χ3v) is 10.1. The van der Waals surface area contributed by atoms with Gasteiger partial charge in [0.2, 0.25) is 11.9 Å². The molecule has 4 atom stereocenters. The SMILES string of the molecule is CC1(C)[C@@H]2C[C@H](C(=O)NC3CC3)[C@](C)(Nc3nc(Nc4ccc(OCCN5CCCC5)cc4)ncc3Cl)[C@@H]1C2. The number of hydrogen-bond donors (Lipinski definition) is 3. The molecule has 2 heterocycles. The van der Waals surface area contributed by atoms with Crippen molar-refractivity contribution in [2.45, 2.75) is 70.9 Å². The lowest BCUT2D eigenvalue weighted by Gasteiger charge is -2.66. The zero-order valence-electron chi connectivity index (χ0n) is 23.3. The van der Waals surface area contributed by atoms with E-state index in [-0.39, 0.29) is 17.2 Å². The normalized spacial score (nSPS) is 29.4. The van der Waals surface area contributed by atoms with E-state index in [1.165, 1.54) is 25.9 Å². The summed E-state index contributed by atoms with van der Waals surface area (Å²) in [6.07, 6.45) is 8.36. The van der Waals surface area contributed by atoms with E-state index in [0.717, 1.165) is 43.7 Å². The number of nitrogens with one attached hydrogen (secondary N) is 3. The van der Waals surface area contributed by atoms with Crippen molar-refractivity contribution in [1.82, 2.24) is 20.2 Å². The highest BCUT2D eigenvalue weighted by atomic mass is 35.5. The minimum Gasteiger partial charge on any atom is -0.492 e. The molecule has 1 saturated heterocycles. The average Bonchev–Trinajstić information content (AvgIpc) is 3.56. The summed E-state index contributed by atoms with van der Waals surface area (Å²) in [5, 5.41) is 10.7. The summed E-state index contributed by atoms with van der Waals surface area (Å²) in [5.41, 5.74) is 0.570. The van der Waals surface area contributed by atoms with Gasteiger partial charge in [0.1, 0.15) is 17.4 Å². The maximum absolute atomic E-state index is 13.3. The molecule has 2 bridgehead atoms. The fraction of sp³-hybridized carbons (Fsp3) is 0.633. The van der Waals surface area contributed by atoms with Gasteiger partial charge in [-0.05, 0) is 100 Å². The third-order valence-electron chi connectivity index (χ3n) is 9.80. The molecule has 8 nitrogen and oxygen atoms in total. The van der Waals surface area contributed by atoms with Crippen molar-refractivity contribution in [3.05, 3.63) is 35.5 Å². The van der Waals surface area contributed by atoms with E-state index in [9.17, 15) is 4.79 Å². The summed E-state index contributed by atoms with van der Waals surface area (Å²) in [4.78, 5) is 25.0. The number of anilines is 3. The predicted octanol–water partition coefficient (Wildman–Crippen LogP) is 5.48. The summed E-state index contributed by atoms with van der Waals surface area (Å²) in [6, 6.07) is 8.20. The first-order valence-electron chi connectivity index (χ1n) is 14.6. The highest BCUT2D eigenvalue weighted by Gasteiger charge is 2.65. The van der Waals surface area contributed by atoms with Gasteiger partial charge in [0.05, 0.1) is 17.7 Å². The van der Waals surface area contributed by atoms with Crippen LogP contribution in [0.5, 0.6) is 5.75 Å². The molecule has 210 valence electrons. The Hall–Kier alpha value is -2.58. The minimum atomic E-state index is -0.458. The van der Waals surface area contributed by atoms with Gasteiger partial charge < -0.3 is 20.7 Å². The molecule has 1 aromatic heterocycles. The van der Waals surface area contributed by atoms with E-state index in [0.29, 0.717) is 41.3 Å². The highest BCUT2D eigenvalue weighted by molar-refractivity contribution is 6.32. The predicted molar refractivity (Wildman–Crippen MR) is 155 cm³/mol. The number of amides is 1. The van der Waals surface area contributed by atoms with Crippen LogP contribution >= 0.6 is 11.6 Å². The van der Waals surface area contributed by atoms with Gasteiger partial charge in [0, 0.05) is 18.3 Å². The molecule has 4 aliphatic carbocycles. The van der Waals surface area contributed by atoms with Gasteiger partial charge in [-0.1, -0.05) is 25.4 Å². The average molecular weight is 553 g/mol. The monoisotopic (exact) mass is 552 g/mol. The molecule has 1 aromatic carbocycles. The van der Waals surface area contributed by atoms with Gasteiger partial charge in [-0.25, -0.2) is 4.98 Å². The third kappa shape index (κ3) is 5.42. The van der Waals surface area contributed by atoms with Crippen molar-refractivity contribution >= 4 is 35.0 Å². The minimum absolute atomic E-state index is 0.129. The molecule has 7 rings (SSSR count). The smallest absolute Gasteiger partial charge is 0.229 e. The number of ether oxygens (including phenoxy) is 1. The number of rotatable bonds is 10. The molecule has 1 amide bonds. The van der Waals surface area contributed by atoms with Crippen molar-refractivity contribution in [3.63, 3.8) is 0 Å². The van der Waals surface area contributed by atoms with Crippen LogP contribution in [0.3, 0.4) is 0 Å². The highest BCUT2D eigenvalue weighted by Crippen LogP contribution is 2.65. The first kappa shape index (κ1) is 26.6. The van der Waals surface area contributed by atoms with Gasteiger partial charge in [0.25, 0.3) is 0 Å². The van der Waals surface area contributed by atoms with Crippen LogP contribution in [0, 0.1) is 23.2 Å². The number of carbonyl (C=O) groups excluding carboxylic acids is 1. The molecule has 0 unspecified atom stereocenters. The lowest BCUT2D eigenvalue weighted by Crippen LogP contribution is -2.69. The Bertz CT molecular complexity index is 1200. The fourth-order valence-corrected chi connectivity index (χ4v) is 7.26. The standard InChI is InChI=1S/C30H41ClN6O2/c1-29(2)19-16-23(27(38)33-20-6-7-20)30(3,25(29)17-19)36-26-24(31)18-32-28(35-26)34-21-8-10-22(11-9-21)39-15-14-37-12-4-5-13-37/h8-11,18-20,23,25H,4-7,12-17H2,1-3H3,(H,33,38)(H2,32,34,35,36)/t19-,23-,25-,30+/m1/s1. The Kier molecular flexibility index (Phi) is 7.12. The van der Waals surface area contributed by atoms with Gasteiger partial charge in [-0.2, -0.15) is 4.98 Å². The van der Waals surface area contributed by atoms with Crippen LogP contribution in [0.2, 0.25) is 5.02 Å². The first-order chi connectivity index (χ1) is 18.7. The molecule has 5 aliphatic rings. The van der Waals surface area contributed by atoms with E-state index in [2.05, 4.69) is 46.6 Å². The summed E-state index contributed by atoms with van der Waals surface area (Å²) in [6.45, 7) is 10.9. The van der Waals surface area contributed by atoms with Crippen molar-refractivity contribution < 1.29 is 9.53 Å². The van der Waals surface area contributed by atoms with Crippen LogP contribution in [0.4, 0.5) is 17.5 Å². The van der Waals surface area contributed by atoms with E-state index in [4.69, 9.17) is 21.3 Å². The van der Waals surface area contributed by atoms with Gasteiger partial charge in [-0.15, -0.1) is 0 Å². The maximum Gasteiger partial charge on any atom is 0.229 e. The number of fused-ring (bicyclic) bond motifs is 2. The molecule has 4 saturated carbocycles. The number of halogens is 1. The molecule has 0 spiro atoms. The van der Waals surface area contributed by atoms with E-state index < -0.39 is 5.54 Å². The molecular weight excluding hydrogens is 512 g/mol. The summed E-state index contributed by atoms with van der Waals surface area (Å²) in [7, 11) is 0. The molecule has 0 radical (unpaired) electrons. The van der Waals surface area contributed by atoms with Crippen molar-refractivity contribution in [2.24, 2.45) is 23.2 Å². The number of hydrogen-bond acceptors (Lipinski definition) is 7. The summed E-state index contributed by atoms with van der Waals surface area (Å²) < 4.78 is 5.93. The number of likely N-dealkylation sites (tertiary alicyclic amines) is 1. The van der Waals surface area contributed by atoms with Crippen LogP contribution < -0.4 is 20.7 Å². The van der Waals surface area contributed by atoms with Crippen molar-refractivity contribution in [1.29, 1.82) is 0 Å². The molecule has 9 heteroatoms. The second kappa shape index (κ2) is 10.4. The molecule has 3 N–H and O–H groups in total. The molecule has 39 heavy (non-hydrogen) atoms. The largest absolute Gasteiger partial charge is 0.492 e. The first-order valence-corrected chi connectivity index (χ1v) is 14.9. The number of aromatic nitrogens is 2. The lowest BCUT2D eigenvalue weighted by molar-refractivity contribution is -0.156. The zero-order chi connectivity index (χ0) is 27.2. The summed E-state index contributed by atoms with van der Waals surface area (Å²) >= 11 is 6.61. The Morgan fingerprint density at radius 2 is 1.87 bits per heavy atom. The van der Waals surface area contributed by atoms with Crippen LogP contribution in [-0.2, 0) is 4.79 Å².